The van der Waals surface area contributed by atoms with Gasteiger partial charge in [-0.2, -0.15) is 18.3 Å². The number of nitrogens with one attached hydrogen (secondary N) is 1. The van der Waals surface area contributed by atoms with Crippen LogP contribution in [-0.4, -0.2) is 51.2 Å². The molecule has 0 atom stereocenters. The summed E-state index contributed by atoms with van der Waals surface area (Å²) in [4.78, 5) is 17.3. The Morgan fingerprint density at radius 1 is 1.32 bits per heavy atom. The van der Waals surface area contributed by atoms with E-state index in [0.29, 0.717) is 48.0 Å². The minimum absolute atomic E-state index is 0.0179. The lowest BCUT2D eigenvalue weighted by molar-refractivity contribution is -0.213. The van der Waals surface area contributed by atoms with Crippen LogP contribution in [0.25, 0.3) is 11.3 Å². The molecule has 11 heteroatoms. The number of rotatable bonds is 9. The molecule has 206 valence electrons. The van der Waals surface area contributed by atoms with Crippen LogP contribution in [0.15, 0.2) is 12.3 Å². The van der Waals surface area contributed by atoms with Crippen molar-refractivity contribution in [3.05, 3.63) is 28.7 Å². The van der Waals surface area contributed by atoms with Crippen LogP contribution in [0.4, 0.5) is 13.2 Å². The number of ether oxygens (including phenoxy) is 1. The fourth-order valence-electron chi connectivity index (χ4n) is 4.42. The van der Waals surface area contributed by atoms with Crippen molar-refractivity contribution in [2.75, 3.05) is 13.7 Å². The maximum atomic E-state index is 13.2. The summed E-state index contributed by atoms with van der Waals surface area (Å²) in [6.07, 6.45) is 0.182. The summed E-state index contributed by atoms with van der Waals surface area (Å²) in [5, 5.41) is 18.1. The van der Waals surface area contributed by atoms with Gasteiger partial charge >= 0.3 is 6.18 Å². The molecule has 1 saturated carbocycles. The van der Waals surface area contributed by atoms with Gasteiger partial charge in [-0.05, 0) is 51.4 Å². The molecule has 2 aromatic heterocycles. The number of aromatic nitrogens is 3. The number of halogens is 4. The third kappa shape index (κ3) is 6.57. The number of alkyl halides is 3. The van der Waals surface area contributed by atoms with Gasteiger partial charge in [-0.25, -0.2) is 0 Å². The Kier molecular flexibility index (Phi) is 8.84. The van der Waals surface area contributed by atoms with Crippen molar-refractivity contribution in [2.45, 2.75) is 84.5 Å². The molecule has 0 spiro atoms. The molecule has 0 radical (unpaired) electrons. The monoisotopic (exact) mass is 544 g/mol. The first-order valence-electron chi connectivity index (χ1n) is 12.6. The number of nitrogens with zero attached hydrogens (tertiary/aromatic N) is 3. The van der Waals surface area contributed by atoms with Crippen LogP contribution in [0, 0.1) is 11.3 Å². The molecule has 0 aliphatic heterocycles. The quantitative estimate of drug-likeness (QED) is 0.415. The third-order valence-corrected chi connectivity index (χ3v) is 7.72. The molecule has 2 aromatic rings. The molecule has 7 nitrogen and oxygen atoms in total. The van der Waals surface area contributed by atoms with Crippen molar-refractivity contribution >= 4 is 17.5 Å². The lowest BCUT2D eigenvalue weighted by Crippen LogP contribution is -2.45. The van der Waals surface area contributed by atoms with Crippen molar-refractivity contribution in [3.8, 4) is 17.0 Å². The average molecular weight is 545 g/mol. The number of hydrogen-bond donors (Lipinski definition) is 2. The Hall–Kier alpha value is -2.33. The molecular formula is C26H36ClF3N4O3. The Morgan fingerprint density at radius 2 is 1.97 bits per heavy atom. The molecule has 1 fully saturated rings. The number of hydrogen-bond acceptors (Lipinski definition) is 5. The number of amides is 1. The molecule has 1 aliphatic rings. The van der Waals surface area contributed by atoms with Crippen LogP contribution < -0.4 is 10.1 Å². The maximum absolute atomic E-state index is 13.2. The van der Waals surface area contributed by atoms with Gasteiger partial charge in [-0.3, -0.25) is 14.5 Å². The molecule has 0 saturated heterocycles. The summed E-state index contributed by atoms with van der Waals surface area (Å²) in [7, 11) is 1.45. The SMILES string of the molecule is CCn1nc(C(=O)NCC2(O)CCC(C)CC2)c(Cl)c1-c1cnc(CCC(C)(C)C(F)(F)F)cc1OC. The second-order valence-corrected chi connectivity index (χ2v) is 11.1. The molecule has 0 bridgehead atoms. The first-order valence-corrected chi connectivity index (χ1v) is 13.0. The third-order valence-electron chi connectivity index (χ3n) is 7.36. The number of aliphatic hydroxyl groups is 1. The summed E-state index contributed by atoms with van der Waals surface area (Å²) >= 11 is 6.64. The van der Waals surface area contributed by atoms with Gasteiger partial charge in [-0.15, -0.1) is 0 Å². The zero-order chi connectivity index (χ0) is 27.6. The van der Waals surface area contributed by atoms with E-state index in [9.17, 15) is 23.1 Å². The van der Waals surface area contributed by atoms with Crippen molar-refractivity contribution in [2.24, 2.45) is 11.3 Å². The predicted octanol–water partition coefficient (Wildman–Crippen LogP) is 5.82. The zero-order valence-corrected chi connectivity index (χ0v) is 22.8. The lowest BCUT2D eigenvalue weighted by atomic mass is 9.79. The molecule has 37 heavy (non-hydrogen) atoms. The van der Waals surface area contributed by atoms with Crippen LogP contribution in [0.1, 0.15) is 76.0 Å². The van der Waals surface area contributed by atoms with E-state index in [2.05, 4.69) is 22.3 Å². The fraction of sp³-hybridized carbons (Fsp3) is 0.654. The van der Waals surface area contributed by atoms with E-state index in [1.165, 1.54) is 13.3 Å². The topological polar surface area (TPSA) is 89.3 Å². The largest absolute Gasteiger partial charge is 0.496 e. The van der Waals surface area contributed by atoms with Crippen molar-refractivity contribution in [1.29, 1.82) is 0 Å². The maximum Gasteiger partial charge on any atom is 0.393 e. The summed E-state index contributed by atoms with van der Waals surface area (Å²) in [5.74, 6) is 0.423. The molecule has 1 amide bonds. The predicted molar refractivity (Wildman–Crippen MR) is 136 cm³/mol. The van der Waals surface area contributed by atoms with Gasteiger partial charge in [0, 0.05) is 31.0 Å². The van der Waals surface area contributed by atoms with Crippen LogP contribution in [0.2, 0.25) is 5.02 Å². The molecule has 0 unspecified atom stereocenters. The normalized spacial score (nSPS) is 20.6. The molecule has 2 N–H and O–H groups in total. The van der Waals surface area contributed by atoms with Gasteiger partial charge in [0.15, 0.2) is 5.69 Å². The highest BCUT2D eigenvalue weighted by Gasteiger charge is 2.46. The van der Waals surface area contributed by atoms with E-state index in [1.807, 2.05) is 6.92 Å². The first-order chi connectivity index (χ1) is 17.2. The van der Waals surface area contributed by atoms with Crippen LogP contribution in [0.3, 0.4) is 0 Å². The summed E-state index contributed by atoms with van der Waals surface area (Å²) in [6.45, 7) is 6.83. The van der Waals surface area contributed by atoms with E-state index in [-0.39, 0.29) is 30.1 Å². The van der Waals surface area contributed by atoms with Crippen LogP contribution in [-0.2, 0) is 13.0 Å². The van der Waals surface area contributed by atoms with E-state index in [1.54, 1.807) is 10.7 Å². The van der Waals surface area contributed by atoms with E-state index < -0.39 is 23.1 Å². The minimum Gasteiger partial charge on any atom is -0.496 e. The average Bonchev–Trinajstić information content (AvgIpc) is 3.18. The summed E-state index contributed by atoms with van der Waals surface area (Å²) in [5.41, 5.74) is -1.44. The number of aryl methyl sites for hydroxylation is 2. The Morgan fingerprint density at radius 3 is 2.54 bits per heavy atom. The van der Waals surface area contributed by atoms with E-state index >= 15 is 0 Å². The van der Waals surface area contributed by atoms with Gasteiger partial charge in [0.05, 0.1) is 34.4 Å². The van der Waals surface area contributed by atoms with Crippen molar-refractivity contribution in [1.82, 2.24) is 20.1 Å². The van der Waals surface area contributed by atoms with Gasteiger partial charge in [0.1, 0.15) is 5.75 Å². The number of pyridine rings is 1. The van der Waals surface area contributed by atoms with Gasteiger partial charge in [-0.1, -0.05) is 32.4 Å². The van der Waals surface area contributed by atoms with E-state index in [4.69, 9.17) is 16.3 Å². The van der Waals surface area contributed by atoms with Crippen molar-refractivity contribution < 1.29 is 27.8 Å². The zero-order valence-electron chi connectivity index (χ0n) is 22.0. The van der Waals surface area contributed by atoms with Gasteiger partial charge < -0.3 is 15.2 Å². The Balaban J connectivity index is 1.83. The Labute approximate surface area is 220 Å². The second-order valence-electron chi connectivity index (χ2n) is 10.7. The van der Waals surface area contributed by atoms with E-state index in [0.717, 1.165) is 26.7 Å². The molecule has 0 aromatic carbocycles. The standard InChI is InChI=1S/C26H36ClF3N4O3/c1-6-34-22(18-14-31-17(13-19(18)37-5)9-10-24(3,4)26(28,29)30)20(27)21(33-34)23(35)32-15-25(36)11-7-16(2)8-12-25/h13-14,16,36H,6-12,15H2,1-5H3,(H,32,35). The smallest absolute Gasteiger partial charge is 0.393 e. The lowest BCUT2D eigenvalue weighted by Gasteiger charge is -2.34. The molecular weight excluding hydrogens is 509 g/mol. The Bertz CT molecular complexity index is 1110. The molecule has 3 rings (SSSR count). The summed E-state index contributed by atoms with van der Waals surface area (Å²) in [6, 6.07) is 1.59. The van der Waals surface area contributed by atoms with Crippen LogP contribution in [0.5, 0.6) is 5.75 Å². The highest BCUT2D eigenvalue weighted by atomic mass is 35.5. The molecule has 2 heterocycles. The number of carbonyl (C=O) groups excluding carboxylic acids is 1. The highest BCUT2D eigenvalue weighted by Crippen LogP contribution is 2.42. The van der Waals surface area contributed by atoms with Crippen molar-refractivity contribution in [3.63, 3.8) is 0 Å². The summed E-state index contributed by atoms with van der Waals surface area (Å²) < 4.78 is 46.8. The first kappa shape index (κ1) is 29.2. The number of carbonyl (C=O) groups is 1. The fourth-order valence-corrected chi connectivity index (χ4v) is 4.74. The second kappa shape index (κ2) is 11.2. The van der Waals surface area contributed by atoms with Gasteiger partial charge in [0.25, 0.3) is 5.91 Å². The number of methoxy groups -OCH3 is 1. The highest BCUT2D eigenvalue weighted by molar-refractivity contribution is 6.36. The van der Waals surface area contributed by atoms with Crippen LogP contribution >= 0.6 is 11.6 Å². The van der Waals surface area contributed by atoms with Gasteiger partial charge in [0.2, 0.25) is 0 Å². The minimum atomic E-state index is -4.32. The molecule has 1 aliphatic carbocycles.